The minimum absolute atomic E-state index is 0.240. The average molecular weight is 287 g/mol. The van der Waals surface area contributed by atoms with E-state index in [0.29, 0.717) is 6.54 Å². The molecule has 114 valence electrons. The van der Waals surface area contributed by atoms with E-state index in [1.165, 1.54) is 11.1 Å². The van der Waals surface area contributed by atoms with E-state index in [1.54, 1.807) is 0 Å². The minimum Gasteiger partial charge on any atom is -0.444 e. The first-order valence-electron chi connectivity index (χ1n) is 7.44. The number of nitrogens with zero attached hydrogens (tertiary/aromatic N) is 1. The lowest BCUT2D eigenvalue weighted by Gasteiger charge is -2.42. The van der Waals surface area contributed by atoms with E-state index in [4.69, 9.17) is 4.74 Å². The van der Waals surface area contributed by atoms with E-state index in [9.17, 15) is 4.79 Å². The van der Waals surface area contributed by atoms with Gasteiger partial charge in [-0.3, -0.25) is 4.90 Å². The number of carbonyl (C=O) groups is 1. The van der Waals surface area contributed by atoms with E-state index in [1.807, 2.05) is 43.9 Å². The van der Waals surface area contributed by atoms with E-state index in [2.05, 4.69) is 32.1 Å². The van der Waals surface area contributed by atoms with Gasteiger partial charge in [-0.1, -0.05) is 36.4 Å². The summed E-state index contributed by atoms with van der Waals surface area (Å²) >= 11 is 0. The quantitative estimate of drug-likeness (QED) is 0.761. The maximum atomic E-state index is 12.3. The fourth-order valence-corrected chi connectivity index (χ4v) is 2.59. The molecule has 1 aliphatic heterocycles. The molecule has 0 bridgehead atoms. The average Bonchev–Trinajstić information content (AvgIpc) is 2.36. The molecule has 0 aliphatic carbocycles. The van der Waals surface area contributed by atoms with Gasteiger partial charge >= 0.3 is 6.09 Å². The maximum absolute atomic E-state index is 12.3. The molecular weight excluding hydrogens is 262 g/mol. The molecule has 2 rings (SSSR count). The Hall–Kier alpha value is -1.77. The van der Waals surface area contributed by atoms with Crippen molar-refractivity contribution in [2.24, 2.45) is 0 Å². The molecular formula is C18H25NO2. The van der Waals surface area contributed by atoms with Crippen molar-refractivity contribution < 1.29 is 9.53 Å². The number of carbonyl (C=O) groups excluding carboxylic acids is 1. The molecule has 21 heavy (non-hydrogen) atoms. The number of benzene rings is 1. The number of hydrogen-bond donors (Lipinski definition) is 0. The van der Waals surface area contributed by atoms with Crippen LogP contribution in [0.5, 0.6) is 0 Å². The number of ether oxygens (including phenoxy) is 1. The van der Waals surface area contributed by atoms with Crippen LogP contribution in [0.3, 0.4) is 0 Å². The second-order valence-electron chi connectivity index (χ2n) is 7.18. The van der Waals surface area contributed by atoms with Crippen LogP contribution >= 0.6 is 0 Å². The van der Waals surface area contributed by atoms with Gasteiger partial charge in [0.2, 0.25) is 0 Å². The Kier molecular flexibility index (Phi) is 4.13. The van der Waals surface area contributed by atoms with E-state index in [-0.39, 0.29) is 11.6 Å². The van der Waals surface area contributed by atoms with Crippen molar-refractivity contribution in [2.75, 3.05) is 6.54 Å². The first-order chi connectivity index (χ1) is 9.69. The summed E-state index contributed by atoms with van der Waals surface area (Å²) in [7, 11) is 0. The predicted octanol–water partition coefficient (Wildman–Crippen LogP) is 4.49. The highest BCUT2D eigenvalue weighted by Gasteiger charge is 2.36. The Bertz CT molecular complexity index is 538. The molecule has 0 spiro atoms. The Labute approximate surface area is 127 Å². The first kappa shape index (κ1) is 15.6. The van der Waals surface area contributed by atoms with Gasteiger partial charge in [0.15, 0.2) is 0 Å². The molecule has 0 unspecified atom stereocenters. The van der Waals surface area contributed by atoms with Crippen LogP contribution < -0.4 is 0 Å². The van der Waals surface area contributed by atoms with Crippen molar-refractivity contribution >= 4 is 11.7 Å². The highest BCUT2D eigenvalue weighted by Crippen LogP contribution is 2.34. The summed E-state index contributed by atoms with van der Waals surface area (Å²) in [4.78, 5) is 14.2. The van der Waals surface area contributed by atoms with Crippen LogP contribution in [0, 0.1) is 0 Å². The van der Waals surface area contributed by atoms with Crippen LogP contribution in [0.2, 0.25) is 0 Å². The van der Waals surface area contributed by atoms with Crippen LogP contribution in [-0.4, -0.2) is 28.7 Å². The summed E-state index contributed by atoms with van der Waals surface area (Å²) in [6, 6.07) is 10.3. The molecule has 0 fully saturated rings. The zero-order valence-corrected chi connectivity index (χ0v) is 13.6. The molecule has 0 N–H and O–H groups in total. The molecule has 0 radical (unpaired) electrons. The van der Waals surface area contributed by atoms with Crippen molar-refractivity contribution in [2.45, 2.75) is 52.2 Å². The van der Waals surface area contributed by atoms with Crippen molar-refractivity contribution in [1.82, 2.24) is 4.90 Å². The fourth-order valence-electron chi connectivity index (χ4n) is 2.59. The van der Waals surface area contributed by atoms with E-state index < -0.39 is 5.60 Å². The molecule has 0 aromatic heterocycles. The molecule has 3 heteroatoms. The van der Waals surface area contributed by atoms with Gasteiger partial charge in [0, 0.05) is 12.1 Å². The van der Waals surface area contributed by atoms with Gasteiger partial charge in [-0.2, -0.15) is 0 Å². The van der Waals surface area contributed by atoms with Crippen molar-refractivity contribution in [1.29, 1.82) is 0 Å². The smallest absolute Gasteiger partial charge is 0.411 e. The van der Waals surface area contributed by atoms with Crippen LogP contribution in [0.4, 0.5) is 4.79 Å². The van der Waals surface area contributed by atoms with Gasteiger partial charge in [-0.25, -0.2) is 4.79 Å². The third kappa shape index (κ3) is 3.87. The largest absolute Gasteiger partial charge is 0.444 e. The van der Waals surface area contributed by atoms with E-state index in [0.717, 1.165) is 6.42 Å². The molecule has 1 aromatic rings. The zero-order chi connectivity index (χ0) is 15.7. The van der Waals surface area contributed by atoms with Crippen molar-refractivity contribution in [3.05, 3.63) is 42.0 Å². The minimum atomic E-state index is -0.462. The van der Waals surface area contributed by atoms with E-state index >= 15 is 0 Å². The summed E-state index contributed by atoms with van der Waals surface area (Å²) in [5, 5.41) is 0. The Morgan fingerprint density at radius 2 is 1.81 bits per heavy atom. The standard InChI is InChI=1S/C18H25NO2/c1-17(2,3)21-16(20)19-12-11-15(13-18(19,4)5)14-9-7-6-8-10-14/h6-11H,12-13H2,1-5H3. The normalized spacial score (nSPS) is 18.1. The lowest BCUT2D eigenvalue weighted by molar-refractivity contribution is 0.00618. The Balaban J connectivity index is 2.18. The summed E-state index contributed by atoms with van der Waals surface area (Å²) in [6.45, 7) is 10.5. The third-order valence-electron chi connectivity index (χ3n) is 3.63. The monoisotopic (exact) mass is 287 g/mol. The molecule has 0 saturated heterocycles. The number of amides is 1. The predicted molar refractivity (Wildman–Crippen MR) is 86.1 cm³/mol. The van der Waals surface area contributed by atoms with Gasteiger partial charge in [-0.15, -0.1) is 0 Å². The van der Waals surface area contributed by atoms with Gasteiger partial charge in [0.1, 0.15) is 5.60 Å². The Morgan fingerprint density at radius 1 is 1.19 bits per heavy atom. The molecule has 0 atom stereocenters. The van der Waals surface area contributed by atoms with Gasteiger partial charge in [-0.05, 0) is 52.2 Å². The third-order valence-corrected chi connectivity index (χ3v) is 3.63. The Morgan fingerprint density at radius 3 is 2.33 bits per heavy atom. The lowest BCUT2D eigenvalue weighted by atomic mass is 9.86. The maximum Gasteiger partial charge on any atom is 0.411 e. The zero-order valence-electron chi connectivity index (χ0n) is 13.6. The molecule has 1 aliphatic rings. The summed E-state index contributed by atoms with van der Waals surface area (Å²) < 4.78 is 5.51. The second-order valence-corrected chi connectivity index (χ2v) is 7.18. The topological polar surface area (TPSA) is 29.5 Å². The number of rotatable bonds is 1. The molecule has 0 saturated carbocycles. The highest BCUT2D eigenvalue weighted by molar-refractivity contribution is 5.74. The highest BCUT2D eigenvalue weighted by atomic mass is 16.6. The van der Waals surface area contributed by atoms with Crippen LogP contribution in [0.15, 0.2) is 36.4 Å². The lowest BCUT2D eigenvalue weighted by Crippen LogP contribution is -2.51. The number of hydrogen-bond acceptors (Lipinski definition) is 2. The van der Waals surface area contributed by atoms with Gasteiger partial charge in [0.05, 0.1) is 0 Å². The van der Waals surface area contributed by atoms with Crippen molar-refractivity contribution in [3.63, 3.8) is 0 Å². The SMILES string of the molecule is CC(C)(C)OC(=O)N1CC=C(c2ccccc2)CC1(C)C. The summed E-state index contributed by atoms with van der Waals surface area (Å²) in [5.41, 5.74) is 1.81. The molecule has 1 heterocycles. The molecule has 3 nitrogen and oxygen atoms in total. The fraction of sp³-hybridized carbons (Fsp3) is 0.500. The van der Waals surface area contributed by atoms with Crippen LogP contribution in [0.25, 0.3) is 5.57 Å². The first-order valence-corrected chi connectivity index (χ1v) is 7.44. The van der Waals surface area contributed by atoms with Crippen molar-refractivity contribution in [3.8, 4) is 0 Å². The summed E-state index contributed by atoms with van der Waals surface area (Å²) in [5.74, 6) is 0. The van der Waals surface area contributed by atoms with Gasteiger partial charge < -0.3 is 4.74 Å². The second kappa shape index (κ2) is 5.55. The molecule has 1 aromatic carbocycles. The van der Waals surface area contributed by atoms with Crippen LogP contribution in [0.1, 0.15) is 46.6 Å². The molecule has 1 amide bonds. The van der Waals surface area contributed by atoms with Gasteiger partial charge in [0.25, 0.3) is 0 Å². The summed E-state index contributed by atoms with van der Waals surface area (Å²) in [6.07, 6.45) is 2.72. The van der Waals surface area contributed by atoms with Crippen LogP contribution in [-0.2, 0) is 4.74 Å².